The van der Waals surface area contributed by atoms with Gasteiger partial charge in [0.15, 0.2) is 0 Å². The summed E-state index contributed by atoms with van der Waals surface area (Å²) in [4.78, 5) is 0. The Kier molecular flexibility index (Phi) is 1.90. The summed E-state index contributed by atoms with van der Waals surface area (Å²) in [5, 5.41) is 8.75. The van der Waals surface area contributed by atoms with E-state index in [1.54, 1.807) is 0 Å². The molecule has 1 nitrogen and oxygen atoms in total. The molecule has 0 radical (unpaired) electrons. The fraction of sp³-hybridized carbons (Fsp3) is 0.143. The maximum absolute atomic E-state index is 8.75. The third kappa shape index (κ3) is 1.58. The van der Waals surface area contributed by atoms with Crippen LogP contribution in [0.15, 0.2) is 24.3 Å². The van der Waals surface area contributed by atoms with E-state index >= 15 is 0 Å². The molecule has 0 unspecified atom stereocenters. The van der Waals surface area contributed by atoms with Crippen LogP contribution in [0.5, 0.6) is 0 Å². The number of rotatable bonds is 1. The van der Waals surface area contributed by atoms with Crippen LogP contribution in [0.1, 0.15) is 5.56 Å². The summed E-state index contributed by atoms with van der Waals surface area (Å²) in [6.07, 6.45) is 0. The van der Waals surface area contributed by atoms with E-state index in [1.165, 1.54) is 5.56 Å². The SMILES string of the molecule is Cc1ccc([BH2-]O)cc1. The van der Waals surface area contributed by atoms with Crippen molar-refractivity contribution in [3.63, 3.8) is 0 Å². The molecule has 0 aliphatic rings. The molecule has 0 fully saturated rings. The Balaban J connectivity index is 2.88. The van der Waals surface area contributed by atoms with Crippen LogP contribution in [0.2, 0.25) is 0 Å². The quantitative estimate of drug-likeness (QED) is 0.505. The zero-order valence-electron chi connectivity index (χ0n) is 5.76. The first kappa shape index (κ1) is 6.37. The number of benzene rings is 1. The van der Waals surface area contributed by atoms with E-state index in [1.807, 2.05) is 31.2 Å². The van der Waals surface area contributed by atoms with Crippen LogP contribution in [0, 0.1) is 6.92 Å². The molecular weight excluding hydrogens is 111 g/mol. The van der Waals surface area contributed by atoms with Gasteiger partial charge < -0.3 is 5.02 Å². The Hall–Kier alpha value is -0.755. The normalized spacial score (nSPS) is 9.56. The average Bonchev–Trinajstić information content (AvgIpc) is 1.90. The monoisotopic (exact) mass is 121 g/mol. The first-order chi connectivity index (χ1) is 4.33. The summed E-state index contributed by atoms with van der Waals surface area (Å²) in [6, 6.07) is 8.01. The fourth-order valence-corrected chi connectivity index (χ4v) is 0.786. The molecule has 0 spiro atoms. The number of hydrogen-bond acceptors (Lipinski definition) is 1. The number of aryl methyl sites for hydroxylation is 1. The second-order valence-corrected chi connectivity index (χ2v) is 2.38. The molecule has 0 amide bonds. The smallest absolute Gasteiger partial charge is 0.108 e. The molecule has 0 heterocycles. The summed E-state index contributed by atoms with van der Waals surface area (Å²) < 4.78 is 0. The summed E-state index contributed by atoms with van der Waals surface area (Å²) >= 11 is 0. The Morgan fingerprint density at radius 3 is 2.22 bits per heavy atom. The van der Waals surface area contributed by atoms with Gasteiger partial charge in [0.2, 0.25) is 0 Å². The average molecular weight is 121 g/mol. The van der Waals surface area contributed by atoms with E-state index in [4.69, 9.17) is 5.02 Å². The molecule has 0 saturated heterocycles. The second-order valence-electron chi connectivity index (χ2n) is 2.38. The van der Waals surface area contributed by atoms with Gasteiger partial charge in [-0.3, -0.25) is 0 Å². The second kappa shape index (κ2) is 2.69. The van der Waals surface area contributed by atoms with Gasteiger partial charge >= 0.3 is 0 Å². The molecule has 1 N–H and O–H groups in total. The Labute approximate surface area is 55.6 Å². The highest BCUT2D eigenvalue weighted by molar-refractivity contribution is 6.45. The van der Waals surface area contributed by atoms with Gasteiger partial charge in [-0.25, -0.2) is 0 Å². The first-order valence-electron chi connectivity index (χ1n) is 3.27. The predicted octanol–water partition coefficient (Wildman–Crippen LogP) is -0.304. The molecule has 1 rings (SSSR count). The van der Waals surface area contributed by atoms with Crippen LogP contribution >= 0.6 is 0 Å². The largest absolute Gasteiger partial charge is 0.606 e. The molecule has 0 aromatic heterocycles. The van der Waals surface area contributed by atoms with Crippen molar-refractivity contribution in [2.45, 2.75) is 6.92 Å². The van der Waals surface area contributed by atoms with Crippen LogP contribution in [0.4, 0.5) is 0 Å². The van der Waals surface area contributed by atoms with Gasteiger partial charge in [-0.15, -0.1) is 0 Å². The molecule has 0 aliphatic carbocycles. The fourth-order valence-electron chi connectivity index (χ4n) is 0.786. The molecule has 2 heteroatoms. The minimum Gasteiger partial charge on any atom is -0.606 e. The minimum atomic E-state index is -0.818. The first-order valence-corrected chi connectivity index (χ1v) is 3.27. The van der Waals surface area contributed by atoms with Crippen LogP contribution in [0.25, 0.3) is 0 Å². The zero-order valence-corrected chi connectivity index (χ0v) is 5.76. The van der Waals surface area contributed by atoms with E-state index in [-0.39, 0.29) is 0 Å². The summed E-state index contributed by atoms with van der Waals surface area (Å²) in [5.41, 5.74) is 2.35. The lowest BCUT2D eigenvalue weighted by Gasteiger charge is -1.99. The maximum atomic E-state index is 8.75. The van der Waals surface area contributed by atoms with Crippen molar-refractivity contribution in [2.24, 2.45) is 0 Å². The highest BCUT2D eigenvalue weighted by atomic mass is 16.2. The third-order valence-electron chi connectivity index (χ3n) is 1.48. The van der Waals surface area contributed by atoms with Gasteiger partial charge in [0, 0.05) is 0 Å². The zero-order chi connectivity index (χ0) is 6.69. The Morgan fingerprint density at radius 2 is 1.78 bits per heavy atom. The Bertz CT molecular complexity index is 181. The summed E-state index contributed by atoms with van der Waals surface area (Å²) in [6.45, 7) is 2.04. The van der Waals surface area contributed by atoms with Gasteiger partial charge in [-0.1, -0.05) is 29.8 Å². The van der Waals surface area contributed by atoms with Crippen LogP contribution < -0.4 is 5.46 Å². The van der Waals surface area contributed by atoms with E-state index < -0.39 is 7.48 Å². The van der Waals surface area contributed by atoms with Crippen molar-refractivity contribution >= 4 is 12.9 Å². The predicted molar refractivity (Wildman–Crippen MR) is 41.6 cm³/mol. The number of hydrogen-bond donors (Lipinski definition) is 1. The molecule has 1 aromatic carbocycles. The van der Waals surface area contributed by atoms with Crippen LogP contribution in [-0.4, -0.2) is 12.5 Å². The molecular formula is C7H10BO-. The molecule has 0 atom stereocenters. The molecule has 0 aliphatic heterocycles. The maximum Gasteiger partial charge on any atom is 0.108 e. The summed E-state index contributed by atoms with van der Waals surface area (Å²) in [7, 11) is -0.818. The van der Waals surface area contributed by atoms with E-state index in [2.05, 4.69) is 0 Å². The van der Waals surface area contributed by atoms with Gasteiger partial charge in [0.25, 0.3) is 0 Å². The van der Waals surface area contributed by atoms with Gasteiger partial charge in [0.05, 0.1) is 0 Å². The molecule has 0 bridgehead atoms. The Morgan fingerprint density at radius 1 is 1.22 bits per heavy atom. The lowest BCUT2D eigenvalue weighted by molar-refractivity contribution is 0.615. The van der Waals surface area contributed by atoms with Gasteiger partial charge in [-0.2, -0.15) is 5.46 Å². The highest BCUT2D eigenvalue weighted by Crippen LogP contribution is 1.90. The minimum absolute atomic E-state index is 0.818. The molecule has 48 valence electrons. The molecule has 0 saturated carbocycles. The van der Waals surface area contributed by atoms with Crippen molar-refractivity contribution in [3.8, 4) is 0 Å². The van der Waals surface area contributed by atoms with E-state index in [0.29, 0.717) is 0 Å². The summed E-state index contributed by atoms with van der Waals surface area (Å²) in [5.74, 6) is 0. The third-order valence-corrected chi connectivity index (χ3v) is 1.48. The lowest BCUT2D eigenvalue weighted by atomic mass is 9.88. The standard InChI is InChI=1S/C7H10BO/c1-6-2-4-7(8-9)5-3-6/h2-5,9H,8H2,1H3/q-1. The van der Waals surface area contributed by atoms with Crippen molar-refractivity contribution in [1.29, 1.82) is 0 Å². The van der Waals surface area contributed by atoms with Gasteiger partial charge in [0.1, 0.15) is 7.48 Å². The van der Waals surface area contributed by atoms with Crippen molar-refractivity contribution in [2.75, 3.05) is 0 Å². The van der Waals surface area contributed by atoms with Crippen molar-refractivity contribution in [1.82, 2.24) is 0 Å². The van der Waals surface area contributed by atoms with Crippen LogP contribution in [0.3, 0.4) is 0 Å². The van der Waals surface area contributed by atoms with E-state index in [9.17, 15) is 0 Å². The van der Waals surface area contributed by atoms with Gasteiger partial charge in [-0.05, 0) is 6.92 Å². The molecule has 1 aromatic rings. The molecule has 9 heavy (non-hydrogen) atoms. The highest BCUT2D eigenvalue weighted by Gasteiger charge is 1.81. The lowest BCUT2D eigenvalue weighted by Crippen LogP contribution is -2.11. The van der Waals surface area contributed by atoms with Crippen molar-refractivity contribution in [3.05, 3.63) is 29.8 Å². The van der Waals surface area contributed by atoms with Crippen LogP contribution in [-0.2, 0) is 0 Å². The topological polar surface area (TPSA) is 20.2 Å². The van der Waals surface area contributed by atoms with Crippen molar-refractivity contribution < 1.29 is 5.02 Å². The van der Waals surface area contributed by atoms with E-state index in [0.717, 1.165) is 5.46 Å².